The van der Waals surface area contributed by atoms with Crippen molar-refractivity contribution in [2.24, 2.45) is 39.2 Å². The summed E-state index contributed by atoms with van der Waals surface area (Å²) in [7, 11) is -1.25. The van der Waals surface area contributed by atoms with Crippen LogP contribution in [0.3, 0.4) is 0 Å². The van der Waals surface area contributed by atoms with Gasteiger partial charge in [-0.15, -0.1) is 11.7 Å². The second-order valence-corrected chi connectivity index (χ2v) is 12.7. The van der Waals surface area contributed by atoms with Crippen LogP contribution in [0.1, 0.15) is 58.9 Å². The average molecular weight is 569 g/mol. The standard InChI is InChI=1S/C30H37BFNO8/c1-6-28(4)13-23(40-24(35)15-38-20-8-7-19-14-33-41-31(37)21(19)11-20)29(5)17(2)9-10-30(18(3)27(28)39-16-34)12-22(32)25(36)26(29)30/h6-8,11,14,16-18,22-23,26-27,37H,1,9-10,12-13,15H2,2-5H3/t17-,18+,22+,23-,26+,27+,28-,29+,30+/m1/s1. The van der Waals surface area contributed by atoms with Gasteiger partial charge in [0, 0.05) is 28.1 Å². The van der Waals surface area contributed by atoms with E-state index in [0.29, 0.717) is 36.1 Å². The smallest absolute Gasteiger partial charge is 0.482 e. The maximum Gasteiger partial charge on any atom is 0.583 e. The van der Waals surface area contributed by atoms with Gasteiger partial charge in [-0.1, -0.05) is 33.8 Å². The van der Waals surface area contributed by atoms with Crippen LogP contribution in [-0.2, 0) is 28.6 Å². The van der Waals surface area contributed by atoms with E-state index in [1.54, 1.807) is 24.3 Å². The fraction of sp³-hybridized carbons (Fsp3) is 0.600. The molecule has 2 bridgehead atoms. The quantitative estimate of drug-likeness (QED) is 0.230. The number of esters is 1. The Labute approximate surface area is 239 Å². The van der Waals surface area contributed by atoms with E-state index in [-0.39, 0.29) is 24.7 Å². The Hall–Kier alpha value is -3.21. The Bertz CT molecular complexity index is 1270. The van der Waals surface area contributed by atoms with Crippen LogP contribution >= 0.6 is 0 Å². The summed E-state index contributed by atoms with van der Waals surface area (Å²) < 4.78 is 37.8. The van der Waals surface area contributed by atoms with Crippen LogP contribution in [0.4, 0.5) is 4.39 Å². The number of oxime groups is 1. The molecular weight excluding hydrogens is 532 g/mol. The molecule has 0 amide bonds. The number of ketones is 1. The van der Waals surface area contributed by atoms with Crippen molar-refractivity contribution in [3.05, 3.63) is 36.4 Å². The first-order valence-electron chi connectivity index (χ1n) is 14.1. The number of fused-ring (bicyclic) bond motifs is 1. The molecule has 0 aromatic heterocycles. The highest BCUT2D eigenvalue weighted by Crippen LogP contribution is 2.68. The molecule has 1 aromatic carbocycles. The molecule has 9 nitrogen and oxygen atoms in total. The predicted octanol–water partition coefficient (Wildman–Crippen LogP) is 3.15. The number of hydrogen-bond acceptors (Lipinski definition) is 9. The van der Waals surface area contributed by atoms with E-state index in [2.05, 4.69) is 11.7 Å². The van der Waals surface area contributed by atoms with Crippen molar-refractivity contribution in [1.29, 1.82) is 0 Å². The summed E-state index contributed by atoms with van der Waals surface area (Å²) in [6.07, 6.45) is 1.63. The number of Topliss-reactive ketones (excluding diaryl/α,β-unsaturated/α-hetero) is 1. The molecule has 1 heterocycles. The first-order chi connectivity index (χ1) is 19.4. The first kappa shape index (κ1) is 29.3. The van der Waals surface area contributed by atoms with Gasteiger partial charge in [0.2, 0.25) is 0 Å². The monoisotopic (exact) mass is 569 g/mol. The van der Waals surface area contributed by atoms with Gasteiger partial charge in [-0.25, -0.2) is 9.18 Å². The van der Waals surface area contributed by atoms with Crippen molar-refractivity contribution in [3.8, 4) is 5.75 Å². The Kier molecular flexibility index (Phi) is 7.55. The molecule has 3 aliphatic carbocycles. The molecule has 1 N–H and O–H groups in total. The van der Waals surface area contributed by atoms with Gasteiger partial charge in [0.15, 0.2) is 18.6 Å². The Morgan fingerprint density at radius 1 is 1.32 bits per heavy atom. The SMILES string of the molecule is C=C[C@]1(C)C[C@@H](OC(=O)COc2ccc3c(c2)B(O)ON=C3)[C@]2(C)[C@H](C)CC[C@]3(C[C@H](F)C(=O)[C@H]32)[C@@H](C)[C@@H]1OC=O. The Morgan fingerprint density at radius 2 is 2.07 bits per heavy atom. The third kappa shape index (κ3) is 4.56. The molecule has 0 radical (unpaired) electrons. The highest BCUT2D eigenvalue weighted by atomic mass is 19.1. The lowest BCUT2D eigenvalue weighted by Crippen LogP contribution is -2.63. The number of ether oxygens (including phenoxy) is 3. The molecule has 11 heteroatoms. The van der Waals surface area contributed by atoms with Crippen LogP contribution in [0.15, 0.2) is 36.0 Å². The molecule has 220 valence electrons. The molecule has 1 aliphatic heterocycles. The van der Waals surface area contributed by atoms with Crippen LogP contribution < -0.4 is 10.2 Å². The summed E-state index contributed by atoms with van der Waals surface area (Å²) in [6, 6.07) is 4.89. The number of halogens is 1. The number of benzene rings is 1. The van der Waals surface area contributed by atoms with Crippen molar-refractivity contribution >= 4 is 37.0 Å². The molecule has 41 heavy (non-hydrogen) atoms. The molecule has 3 saturated carbocycles. The van der Waals surface area contributed by atoms with Crippen LogP contribution in [0, 0.1) is 34.0 Å². The van der Waals surface area contributed by atoms with Crippen LogP contribution in [0.25, 0.3) is 0 Å². The number of nitrogens with zero attached hydrogens (tertiary/aromatic N) is 1. The third-order valence-corrected chi connectivity index (χ3v) is 10.8. The summed E-state index contributed by atoms with van der Waals surface area (Å²) >= 11 is 0. The number of carbonyl (C=O) groups excluding carboxylic acids is 3. The van der Waals surface area contributed by atoms with Gasteiger partial charge in [0.25, 0.3) is 6.47 Å². The number of alkyl halides is 1. The van der Waals surface area contributed by atoms with E-state index in [9.17, 15) is 19.4 Å². The van der Waals surface area contributed by atoms with Gasteiger partial charge in [0.05, 0.1) is 6.21 Å². The molecule has 4 aliphatic rings. The lowest BCUT2D eigenvalue weighted by atomic mass is 9.44. The van der Waals surface area contributed by atoms with Crippen molar-refractivity contribution in [2.75, 3.05) is 6.61 Å². The van der Waals surface area contributed by atoms with Crippen LogP contribution in [0.5, 0.6) is 5.75 Å². The fourth-order valence-corrected chi connectivity index (χ4v) is 8.27. The van der Waals surface area contributed by atoms with Gasteiger partial charge < -0.3 is 24.0 Å². The number of rotatable bonds is 7. The minimum absolute atomic E-state index is 0.0499. The highest BCUT2D eigenvalue weighted by Gasteiger charge is 2.71. The minimum Gasteiger partial charge on any atom is -0.482 e. The highest BCUT2D eigenvalue weighted by molar-refractivity contribution is 6.62. The molecule has 0 unspecified atom stereocenters. The zero-order valence-electron chi connectivity index (χ0n) is 23.9. The summed E-state index contributed by atoms with van der Waals surface area (Å²) in [5, 5.41) is 13.7. The summed E-state index contributed by atoms with van der Waals surface area (Å²) in [4.78, 5) is 38.6. The summed E-state index contributed by atoms with van der Waals surface area (Å²) in [6.45, 7) is 11.8. The van der Waals surface area contributed by atoms with Crippen molar-refractivity contribution in [1.82, 2.24) is 0 Å². The van der Waals surface area contributed by atoms with E-state index in [1.807, 2.05) is 27.7 Å². The zero-order valence-corrected chi connectivity index (χ0v) is 23.9. The predicted molar refractivity (Wildman–Crippen MR) is 148 cm³/mol. The van der Waals surface area contributed by atoms with Crippen molar-refractivity contribution in [2.45, 2.75) is 71.8 Å². The lowest BCUT2D eigenvalue weighted by Gasteiger charge is -2.61. The topological polar surface area (TPSA) is 121 Å². The summed E-state index contributed by atoms with van der Waals surface area (Å²) in [5.74, 6) is -1.89. The summed E-state index contributed by atoms with van der Waals surface area (Å²) in [5.41, 5.74) is -1.34. The molecule has 1 aromatic rings. The number of carbonyl (C=O) groups is 3. The maximum atomic E-state index is 15.4. The minimum atomic E-state index is -1.63. The first-order valence-corrected chi connectivity index (χ1v) is 14.1. The molecule has 9 atom stereocenters. The van der Waals surface area contributed by atoms with Gasteiger partial charge in [-0.3, -0.25) is 9.59 Å². The van der Waals surface area contributed by atoms with Gasteiger partial charge >= 0.3 is 13.1 Å². The second kappa shape index (κ2) is 10.6. The van der Waals surface area contributed by atoms with Crippen molar-refractivity contribution < 1.29 is 42.8 Å². The van der Waals surface area contributed by atoms with E-state index in [4.69, 9.17) is 19.0 Å². The largest absolute Gasteiger partial charge is 0.583 e. The molecular formula is C30H37BFNO8. The maximum absolute atomic E-state index is 15.4. The Balaban J connectivity index is 1.47. The normalized spacial score (nSPS) is 39.4. The van der Waals surface area contributed by atoms with Crippen LogP contribution in [0.2, 0.25) is 0 Å². The second-order valence-electron chi connectivity index (χ2n) is 12.7. The van der Waals surface area contributed by atoms with Gasteiger partial charge in [-0.05, 0) is 60.8 Å². The molecule has 0 saturated heterocycles. The molecule has 3 fully saturated rings. The van der Waals surface area contributed by atoms with E-state index in [0.717, 1.165) is 0 Å². The zero-order chi connectivity index (χ0) is 29.7. The van der Waals surface area contributed by atoms with Gasteiger partial charge in [-0.2, -0.15) is 0 Å². The van der Waals surface area contributed by atoms with E-state index >= 15 is 4.39 Å². The van der Waals surface area contributed by atoms with E-state index in [1.165, 1.54) is 6.21 Å². The molecule has 0 spiro atoms. The third-order valence-electron chi connectivity index (χ3n) is 10.8. The van der Waals surface area contributed by atoms with Crippen molar-refractivity contribution in [3.63, 3.8) is 0 Å². The fourth-order valence-electron chi connectivity index (χ4n) is 8.27. The average Bonchev–Trinajstić information content (AvgIpc) is 3.22. The lowest BCUT2D eigenvalue weighted by molar-refractivity contribution is -0.211. The van der Waals surface area contributed by atoms with Gasteiger partial charge in [0.1, 0.15) is 18.0 Å². The molecule has 5 rings (SSSR count). The van der Waals surface area contributed by atoms with E-state index < -0.39 is 66.0 Å². The Morgan fingerprint density at radius 3 is 2.78 bits per heavy atom. The van der Waals surface area contributed by atoms with Crippen LogP contribution in [-0.4, -0.2) is 61.6 Å². The number of hydrogen-bond donors (Lipinski definition) is 1.